The smallest absolute Gasteiger partial charge is 0.275 e. The van der Waals surface area contributed by atoms with Crippen molar-refractivity contribution in [3.05, 3.63) is 106 Å². The molecule has 0 spiro atoms. The van der Waals surface area contributed by atoms with Gasteiger partial charge in [-0.15, -0.1) is 11.3 Å². The van der Waals surface area contributed by atoms with Crippen LogP contribution in [0.25, 0.3) is 11.1 Å². The summed E-state index contributed by atoms with van der Waals surface area (Å²) in [7, 11) is 0. The number of aromatic nitrogens is 1. The molecule has 1 fully saturated rings. The number of hydrogen-bond acceptors (Lipinski definition) is 4. The number of likely N-dealkylation sites (tertiary alicyclic amines) is 1. The fraction of sp³-hybridized carbons (Fsp3) is 0.290. The number of anilines is 1. The van der Waals surface area contributed by atoms with E-state index in [1.54, 1.807) is 11.3 Å². The van der Waals surface area contributed by atoms with Crippen LogP contribution in [0.4, 0.5) is 5.69 Å². The van der Waals surface area contributed by atoms with Gasteiger partial charge in [-0.25, -0.2) is 4.98 Å². The number of benzene rings is 3. The van der Waals surface area contributed by atoms with Crippen LogP contribution in [0.2, 0.25) is 0 Å². The Labute approximate surface area is 218 Å². The van der Waals surface area contributed by atoms with Crippen LogP contribution in [0.15, 0.2) is 84.2 Å². The second-order valence-electron chi connectivity index (χ2n) is 9.64. The van der Waals surface area contributed by atoms with E-state index in [0.717, 1.165) is 60.7 Å². The quantitative estimate of drug-likeness (QED) is 0.281. The van der Waals surface area contributed by atoms with Crippen molar-refractivity contribution in [2.75, 3.05) is 25.0 Å². The summed E-state index contributed by atoms with van der Waals surface area (Å²) in [5.74, 6) is 0.303. The molecule has 0 saturated carbocycles. The van der Waals surface area contributed by atoms with Crippen LogP contribution in [0.5, 0.6) is 0 Å². The second-order valence-corrected chi connectivity index (χ2v) is 10.5. The van der Waals surface area contributed by atoms with Crippen molar-refractivity contribution in [1.82, 2.24) is 9.88 Å². The highest BCUT2D eigenvalue weighted by Gasteiger charge is 2.24. The molecular formula is C31H33N3OS. The average molecular weight is 496 g/mol. The van der Waals surface area contributed by atoms with Gasteiger partial charge in [-0.2, -0.15) is 0 Å². The van der Waals surface area contributed by atoms with Crippen molar-refractivity contribution in [3.63, 3.8) is 0 Å². The summed E-state index contributed by atoms with van der Waals surface area (Å²) >= 11 is 1.62. The first-order valence-electron chi connectivity index (χ1n) is 12.8. The number of aryl methyl sites for hydroxylation is 2. The third-order valence-electron chi connectivity index (χ3n) is 7.01. The van der Waals surface area contributed by atoms with E-state index in [1.807, 2.05) is 29.6 Å². The minimum atomic E-state index is -0.143. The van der Waals surface area contributed by atoms with Gasteiger partial charge < -0.3 is 10.2 Å². The third-order valence-corrected chi connectivity index (χ3v) is 8.02. The lowest BCUT2D eigenvalue weighted by Crippen LogP contribution is -2.33. The Morgan fingerprint density at radius 3 is 2.47 bits per heavy atom. The number of carbonyl (C=O) groups excluding carboxylic acids is 1. The van der Waals surface area contributed by atoms with Gasteiger partial charge in [0.2, 0.25) is 0 Å². The highest BCUT2D eigenvalue weighted by Crippen LogP contribution is 2.32. The molecule has 1 N–H and O–H groups in total. The molecule has 2 heterocycles. The summed E-state index contributed by atoms with van der Waals surface area (Å²) in [6, 6.07) is 27.0. The van der Waals surface area contributed by atoms with Gasteiger partial charge in [0.1, 0.15) is 5.69 Å². The minimum absolute atomic E-state index is 0.143. The molecule has 4 nitrogen and oxygen atoms in total. The Bertz CT molecular complexity index is 1270. The number of para-hydroxylation sites is 1. The molecule has 1 amide bonds. The molecule has 0 aliphatic carbocycles. The van der Waals surface area contributed by atoms with E-state index >= 15 is 0 Å². The second kappa shape index (κ2) is 11.6. The molecule has 1 saturated heterocycles. The Morgan fingerprint density at radius 2 is 1.69 bits per heavy atom. The maximum atomic E-state index is 13.1. The molecule has 1 aliphatic rings. The number of hydrogen-bond donors (Lipinski definition) is 1. The SMILES string of the molecule is Cc1ccc(-c2ccccc2NC(=O)c2csc(C3CCN(CCCc4ccccc4)CC3)n2)cc1. The number of amides is 1. The lowest BCUT2D eigenvalue weighted by atomic mass is 9.97. The summed E-state index contributed by atoms with van der Waals surface area (Å²) < 4.78 is 0. The van der Waals surface area contributed by atoms with Crippen LogP contribution in [-0.4, -0.2) is 35.4 Å². The van der Waals surface area contributed by atoms with Gasteiger partial charge in [0.05, 0.1) is 5.01 Å². The Balaban J connectivity index is 1.15. The molecule has 184 valence electrons. The molecule has 0 bridgehead atoms. The maximum absolute atomic E-state index is 13.1. The molecule has 1 aromatic heterocycles. The topological polar surface area (TPSA) is 45.2 Å². The molecule has 0 unspecified atom stereocenters. The number of piperidine rings is 1. The van der Waals surface area contributed by atoms with Crippen LogP contribution in [-0.2, 0) is 6.42 Å². The zero-order chi connectivity index (χ0) is 24.7. The van der Waals surface area contributed by atoms with Crippen LogP contribution in [0.1, 0.15) is 51.8 Å². The van der Waals surface area contributed by atoms with Gasteiger partial charge >= 0.3 is 0 Å². The fourth-order valence-corrected chi connectivity index (χ4v) is 5.87. The van der Waals surface area contributed by atoms with Crippen molar-refractivity contribution >= 4 is 22.9 Å². The Morgan fingerprint density at radius 1 is 0.972 bits per heavy atom. The highest BCUT2D eigenvalue weighted by atomic mass is 32.1. The molecular weight excluding hydrogens is 462 g/mol. The largest absolute Gasteiger partial charge is 0.320 e. The van der Waals surface area contributed by atoms with Crippen molar-refractivity contribution in [3.8, 4) is 11.1 Å². The van der Waals surface area contributed by atoms with E-state index < -0.39 is 0 Å². The number of thiazole rings is 1. The monoisotopic (exact) mass is 495 g/mol. The lowest BCUT2D eigenvalue weighted by molar-refractivity contribution is 0.102. The fourth-order valence-electron chi connectivity index (χ4n) is 4.90. The van der Waals surface area contributed by atoms with Gasteiger partial charge in [0.25, 0.3) is 5.91 Å². The third kappa shape index (κ3) is 6.10. The van der Waals surface area contributed by atoms with Crippen LogP contribution < -0.4 is 5.32 Å². The lowest BCUT2D eigenvalue weighted by Gasteiger charge is -2.31. The summed E-state index contributed by atoms with van der Waals surface area (Å²) in [5.41, 5.74) is 6.06. The standard InChI is InChI=1S/C31H33N3OS/c1-23-13-15-25(16-14-23)27-11-5-6-12-28(27)32-30(35)29-22-36-31(33-29)26-17-20-34(21-18-26)19-7-10-24-8-3-2-4-9-24/h2-6,8-9,11-16,22,26H,7,10,17-21H2,1H3,(H,32,35). The molecule has 3 aromatic carbocycles. The molecule has 0 radical (unpaired) electrons. The molecule has 5 heteroatoms. The van der Waals surface area contributed by atoms with E-state index in [1.165, 1.54) is 17.5 Å². The van der Waals surface area contributed by atoms with E-state index in [0.29, 0.717) is 11.6 Å². The van der Waals surface area contributed by atoms with Gasteiger partial charge in [0, 0.05) is 22.5 Å². The van der Waals surface area contributed by atoms with Crippen molar-refractivity contribution in [2.45, 2.75) is 38.5 Å². The summed E-state index contributed by atoms with van der Waals surface area (Å²) in [6.45, 7) is 5.43. The normalized spacial score (nSPS) is 14.6. The number of rotatable bonds is 8. The number of carbonyl (C=O) groups is 1. The maximum Gasteiger partial charge on any atom is 0.275 e. The molecule has 1 aliphatic heterocycles. The zero-order valence-corrected chi connectivity index (χ0v) is 21.6. The first-order valence-corrected chi connectivity index (χ1v) is 13.7. The van der Waals surface area contributed by atoms with Crippen molar-refractivity contribution in [1.29, 1.82) is 0 Å². The van der Waals surface area contributed by atoms with Gasteiger partial charge in [0.15, 0.2) is 0 Å². The number of nitrogens with one attached hydrogen (secondary N) is 1. The zero-order valence-electron chi connectivity index (χ0n) is 20.8. The predicted octanol–water partition coefficient (Wildman–Crippen LogP) is 7.18. The molecule has 0 atom stereocenters. The molecule has 5 rings (SSSR count). The van der Waals surface area contributed by atoms with Crippen LogP contribution in [0, 0.1) is 6.92 Å². The number of nitrogens with zero attached hydrogens (tertiary/aromatic N) is 2. The van der Waals surface area contributed by atoms with Gasteiger partial charge in [-0.05, 0) is 69.4 Å². The van der Waals surface area contributed by atoms with Crippen LogP contribution >= 0.6 is 11.3 Å². The summed E-state index contributed by atoms with van der Waals surface area (Å²) in [5, 5.41) is 6.10. The Kier molecular flexibility index (Phi) is 7.89. The first kappa shape index (κ1) is 24.4. The van der Waals surface area contributed by atoms with E-state index in [-0.39, 0.29) is 5.91 Å². The highest BCUT2D eigenvalue weighted by molar-refractivity contribution is 7.10. The summed E-state index contributed by atoms with van der Waals surface area (Å²) in [6.07, 6.45) is 4.55. The van der Waals surface area contributed by atoms with Gasteiger partial charge in [-0.3, -0.25) is 4.79 Å². The average Bonchev–Trinajstić information content (AvgIpc) is 3.41. The minimum Gasteiger partial charge on any atom is -0.320 e. The van der Waals surface area contributed by atoms with E-state index in [2.05, 4.69) is 71.7 Å². The van der Waals surface area contributed by atoms with Crippen molar-refractivity contribution < 1.29 is 4.79 Å². The van der Waals surface area contributed by atoms with Crippen molar-refractivity contribution in [2.24, 2.45) is 0 Å². The molecule has 36 heavy (non-hydrogen) atoms. The Hall–Kier alpha value is -3.28. The summed E-state index contributed by atoms with van der Waals surface area (Å²) in [4.78, 5) is 20.4. The van der Waals surface area contributed by atoms with Crippen LogP contribution in [0.3, 0.4) is 0 Å². The molecule has 4 aromatic rings. The predicted molar refractivity (Wildman–Crippen MR) is 150 cm³/mol. The van der Waals surface area contributed by atoms with Gasteiger partial charge in [-0.1, -0.05) is 78.4 Å². The van der Waals surface area contributed by atoms with E-state index in [9.17, 15) is 4.79 Å². The first-order chi connectivity index (χ1) is 17.7. The van der Waals surface area contributed by atoms with E-state index in [4.69, 9.17) is 4.98 Å².